The van der Waals surface area contributed by atoms with E-state index in [4.69, 9.17) is 5.73 Å². The van der Waals surface area contributed by atoms with Crippen LogP contribution in [0.2, 0.25) is 0 Å². The third-order valence-electron chi connectivity index (χ3n) is 9.22. The molecule has 0 saturated heterocycles. The van der Waals surface area contributed by atoms with Crippen molar-refractivity contribution in [3.63, 3.8) is 0 Å². The van der Waals surface area contributed by atoms with Gasteiger partial charge >= 0.3 is 0 Å². The highest BCUT2D eigenvalue weighted by molar-refractivity contribution is 6.05. The minimum absolute atomic E-state index is 0.321. The smallest absolute Gasteiger partial charge is 0.238 e. The molecule has 4 N–H and O–H groups in total. The van der Waals surface area contributed by atoms with Gasteiger partial charge in [0.05, 0.1) is 12.1 Å². The molecule has 42 heavy (non-hydrogen) atoms. The van der Waals surface area contributed by atoms with Crippen molar-refractivity contribution in [1.82, 2.24) is 4.90 Å². The molecule has 216 valence electrons. The molecule has 4 aromatic rings. The van der Waals surface area contributed by atoms with E-state index < -0.39 is 40.5 Å². The molecule has 4 aromatic carbocycles. The summed E-state index contributed by atoms with van der Waals surface area (Å²) in [5, 5.41) is 25.6. The van der Waals surface area contributed by atoms with E-state index >= 15 is 0 Å². The van der Waals surface area contributed by atoms with Gasteiger partial charge in [-0.15, -0.1) is 0 Å². The Morgan fingerprint density at radius 2 is 0.929 bits per heavy atom. The lowest BCUT2D eigenvalue weighted by Gasteiger charge is -2.52. The lowest BCUT2D eigenvalue weighted by Crippen LogP contribution is -2.66. The van der Waals surface area contributed by atoms with Crippen LogP contribution < -0.4 is 5.73 Å². The van der Waals surface area contributed by atoms with Gasteiger partial charge in [0, 0.05) is 0 Å². The maximum Gasteiger partial charge on any atom is 0.238 e. The highest BCUT2D eigenvalue weighted by Crippen LogP contribution is 2.47. The quantitative estimate of drug-likeness (QED) is 0.234. The number of rotatable bonds is 10. The van der Waals surface area contributed by atoms with Crippen LogP contribution in [0, 0.1) is 5.41 Å². The number of carbonyl (C=O) groups is 2. The van der Waals surface area contributed by atoms with Crippen LogP contribution >= 0.6 is 0 Å². The zero-order chi connectivity index (χ0) is 30.0. The molecule has 5 rings (SSSR count). The van der Waals surface area contributed by atoms with Crippen LogP contribution in [0.5, 0.6) is 0 Å². The summed E-state index contributed by atoms with van der Waals surface area (Å²) in [6.07, 6.45) is 1.33. The predicted octanol–water partition coefficient (Wildman–Crippen LogP) is 5.12. The van der Waals surface area contributed by atoms with E-state index in [2.05, 4.69) is 0 Å². The first-order valence-corrected chi connectivity index (χ1v) is 14.5. The van der Waals surface area contributed by atoms with Gasteiger partial charge in [-0.1, -0.05) is 128 Å². The van der Waals surface area contributed by atoms with E-state index in [1.165, 1.54) is 4.90 Å². The molecule has 0 spiro atoms. The molecule has 1 aliphatic carbocycles. The molecule has 1 saturated carbocycles. The van der Waals surface area contributed by atoms with Crippen molar-refractivity contribution in [2.45, 2.75) is 56.4 Å². The topological polar surface area (TPSA) is 104 Å². The number of primary amides is 1. The Morgan fingerprint density at radius 1 is 0.643 bits per heavy atom. The number of hydrogen-bond acceptors (Lipinski definition) is 4. The number of hydrogen-bond donors (Lipinski definition) is 3. The number of amides is 2. The van der Waals surface area contributed by atoms with E-state index in [1.54, 1.807) is 13.8 Å². The van der Waals surface area contributed by atoms with E-state index in [0.717, 1.165) is 0 Å². The molecule has 0 aliphatic heterocycles. The second-order valence-corrected chi connectivity index (χ2v) is 11.4. The van der Waals surface area contributed by atoms with Gasteiger partial charge in [0.1, 0.15) is 16.6 Å². The second-order valence-electron chi connectivity index (χ2n) is 11.4. The Balaban J connectivity index is 1.76. The Hall–Kier alpha value is -4.26. The highest BCUT2D eigenvalue weighted by atomic mass is 16.3. The van der Waals surface area contributed by atoms with E-state index in [0.29, 0.717) is 41.5 Å². The predicted molar refractivity (Wildman–Crippen MR) is 163 cm³/mol. The number of nitrogens with two attached hydrogens (primary N) is 1. The minimum Gasteiger partial charge on any atom is -0.378 e. The second kappa shape index (κ2) is 11.6. The highest BCUT2D eigenvalue weighted by Gasteiger charge is 2.57. The Kier molecular flexibility index (Phi) is 8.04. The summed E-state index contributed by atoms with van der Waals surface area (Å²) in [5.74, 6) is -1.18. The third kappa shape index (κ3) is 4.71. The first-order chi connectivity index (χ1) is 20.2. The first kappa shape index (κ1) is 29.2. The zero-order valence-electron chi connectivity index (χ0n) is 24.1. The standard InChI is InChI=1S/C36H38N2O4/c1-26(35(41,28-16-7-3-8-17-28)29-18-9-4-10-19-29)38(33(40)34(32(37)39)24-15-25-34)27(2)36(42,30-20-11-5-12-21-30)31-22-13-6-14-23-31/h3-14,16-23,26-27,41-42H,15,24-25H2,1-2H3,(H2,37,39)/t26-,27-/m1/s1. The Bertz CT molecular complexity index is 1330. The molecule has 2 amide bonds. The summed E-state index contributed by atoms with van der Waals surface area (Å²) in [5.41, 5.74) is 3.46. The molecule has 0 unspecified atom stereocenters. The van der Waals surface area contributed by atoms with Crippen LogP contribution in [-0.4, -0.2) is 39.0 Å². The van der Waals surface area contributed by atoms with Crippen LogP contribution in [0.4, 0.5) is 0 Å². The lowest BCUT2D eigenvalue weighted by atomic mass is 9.65. The normalized spacial score (nSPS) is 16.1. The van der Waals surface area contributed by atoms with Gasteiger partial charge in [-0.05, 0) is 48.9 Å². The summed E-state index contributed by atoms with van der Waals surface area (Å²) >= 11 is 0. The number of carbonyl (C=O) groups excluding carboxylic acids is 2. The first-order valence-electron chi connectivity index (χ1n) is 14.5. The van der Waals surface area contributed by atoms with Gasteiger partial charge in [0.15, 0.2) is 0 Å². The molecule has 2 atom stereocenters. The van der Waals surface area contributed by atoms with Crippen LogP contribution in [0.1, 0.15) is 55.4 Å². The van der Waals surface area contributed by atoms with Crippen molar-refractivity contribution >= 4 is 11.8 Å². The molecule has 6 heteroatoms. The summed E-state index contributed by atoms with van der Waals surface area (Å²) in [6.45, 7) is 3.55. The lowest BCUT2D eigenvalue weighted by molar-refractivity contribution is -0.170. The molecule has 0 bridgehead atoms. The van der Waals surface area contributed by atoms with Crippen molar-refractivity contribution < 1.29 is 19.8 Å². The van der Waals surface area contributed by atoms with Gasteiger partial charge < -0.3 is 20.8 Å². The van der Waals surface area contributed by atoms with Gasteiger partial charge in [0.2, 0.25) is 11.8 Å². The molecule has 1 fully saturated rings. The molecular formula is C36H38N2O4. The zero-order valence-corrected chi connectivity index (χ0v) is 24.1. The number of nitrogens with zero attached hydrogens (tertiary/aromatic N) is 1. The SMILES string of the molecule is C[C@@H](N(C(=O)C1(C(N)=O)CCC1)[C@H](C)C(O)(c1ccccc1)c1ccccc1)C(O)(c1ccccc1)c1ccccc1. The maximum absolute atomic E-state index is 14.8. The summed E-state index contributed by atoms with van der Waals surface area (Å²) in [7, 11) is 0. The third-order valence-corrected chi connectivity index (χ3v) is 9.22. The fourth-order valence-corrected chi connectivity index (χ4v) is 6.50. The molecule has 1 aliphatic rings. The van der Waals surface area contributed by atoms with Gasteiger partial charge in [-0.3, -0.25) is 9.59 Å². The molecular weight excluding hydrogens is 524 g/mol. The van der Waals surface area contributed by atoms with Crippen molar-refractivity contribution in [3.05, 3.63) is 144 Å². The van der Waals surface area contributed by atoms with E-state index in [-0.39, 0.29) is 0 Å². The fourth-order valence-electron chi connectivity index (χ4n) is 6.50. The van der Waals surface area contributed by atoms with Crippen molar-refractivity contribution in [1.29, 1.82) is 0 Å². The monoisotopic (exact) mass is 562 g/mol. The number of benzene rings is 4. The van der Waals surface area contributed by atoms with Gasteiger partial charge in [0.25, 0.3) is 0 Å². The average molecular weight is 563 g/mol. The Labute approximate surface area is 247 Å². The van der Waals surface area contributed by atoms with Crippen LogP contribution in [0.25, 0.3) is 0 Å². The molecule has 0 heterocycles. The fraction of sp³-hybridized carbons (Fsp3) is 0.278. The van der Waals surface area contributed by atoms with Crippen LogP contribution in [0.15, 0.2) is 121 Å². The van der Waals surface area contributed by atoms with Gasteiger partial charge in [-0.25, -0.2) is 0 Å². The van der Waals surface area contributed by atoms with E-state index in [1.807, 2.05) is 121 Å². The number of aliphatic hydroxyl groups is 2. The van der Waals surface area contributed by atoms with Crippen LogP contribution in [0.3, 0.4) is 0 Å². The summed E-state index contributed by atoms with van der Waals surface area (Å²) in [4.78, 5) is 29.2. The largest absolute Gasteiger partial charge is 0.378 e. The Morgan fingerprint density at radius 3 is 1.14 bits per heavy atom. The van der Waals surface area contributed by atoms with E-state index in [9.17, 15) is 19.8 Å². The van der Waals surface area contributed by atoms with Gasteiger partial charge in [-0.2, -0.15) is 0 Å². The minimum atomic E-state index is -1.69. The maximum atomic E-state index is 14.8. The van der Waals surface area contributed by atoms with Crippen molar-refractivity contribution in [2.75, 3.05) is 0 Å². The molecule has 0 radical (unpaired) electrons. The van der Waals surface area contributed by atoms with Crippen molar-refractivity contribution in [3.8, 4) is 0 Å². The molecule has 6 nitrogen and oxygen atoms in total. The summed E-state index contributed by atoms with van der Waals surface area (Å²) < 4.78 is 0. The van der Waals surface area contributed by atoms with Crippen LogP contribution in [-0.2, 0) is 20.8 Å². The average Bonchev–Trinajstić information content (AvgIpc) is 3.01. The van der Waals surface area contributed by atoms with Crippen molar-refractivity contribution in [2.24, 2.45) is 11.1 Å². The molecule has 0 aromatic heterocycles. The summed E-state index contributed by atoms with van der Waals surface area (Å²) in [6, 6.07) is 34.9.